The Kier molecular flexibility index (Phi) is 3.45. The van der Waals surface area contributed by atoms with Gasteiger partial charge in [0.1, 0.15) is 0 Å². The lowest BCUT2D eigenvalue weighted by molar-refractivity contribution is 0.370. The Labute approximate surface area is 121 Å². The first kappa shape index (κ1) is 13.1. The first-order valence-corrected chi connectivity index (χ1v) is 7.21. The van der Waals surface area contributed by atoms with Gasteiger partial charge in [0.15, 0.2) is 0 Å². The van der Waals surface area contributed by atoms with Crippen molar-refractivity contribution in [2.24, 2.45) is 0 Å². The molecule has 20 heavy (non-hydrogen) atoms. The molecule has 0 N–H and O–H groups in total. The third-order valence-corrected chi connectivity index (χ3v) is 4.23. The van der Waals surface area contributed by atoms with Crippen molar-refractivity contribution in [3.05, 3.63) is 77.4 Å². The van der Waals surface area contributed by atoms with E-state index in [4.69, 9.17) is 0 Å². The van der Waals surface area contributed by atoms with Crippen molar-refractivity contribution < 1.29 is 0 Å². The number of hydrogen-bond acceptors (Lipinski definition) is 1. The van der Waals surface area contributed by atoms with Crippen LogP contribution in [0.3, 0.4) is 0 Å². The predicted molar refractivity (Wildman–Crippen MR) is 85.9 cm³/mol. The van der Waals surface area contributed by atoms with E-state index < -0.39 is 0 Å². The van der Waals surface area contributed by atoms with E-state index in [9.17, 15) is 0 Å². The van der Waals surface area contributed by atoms with Crippen LogP contribution in [0.2, 0.25) is 0 Å². The monoisotopic (exact) mass is 263 g/mol. The van der Waals surface area contributed by atoms with Crippen LogP contribution >= 0.6 is 0 Å². The van der Waals surface area contributed by atoms with Gasteiger partial charge in [-0.05, 0) is 43.8 Å². The molecule has 2 aromatic carbocycles. The predicted octanol–water partition coefficient (Wildman–Crippen LogP) is 3.95. The van der Waals surface area contributed by atoms with Gasteiger partial charge in [0.05, 0.1) is 0 Å². The lowest BCUT2D eigenvalue weighted by Crippen LogP contribution is -2.29. The molecule has 1 nitrogen and oxygen atoms in total. The van der Waals surface area contributed by atoms with Crippen LogP contribution in [-0.2, 0) is 5.41 Å². The molecule has 0 amide bonds. The Morgan fingerprint density at radius 3 is 2.35 bits per heavy atom. The fourth-order valence-electron chi connectivity index (χ4n) is 3.12. The van der Waals surface area contributed by atoms with Crippen molar-refractivity contribution in [3.8, 4) is 0 Å². The van der Waals surface area contributed by atoms with E-state index >= 15 is 0 Å². The standard InChI is InChI=1S/C19H21N/c1-20(2)15-14-19(17-9-4-3-5-10-17)13-12-16-8-6-7-11-18(16)19/h3-13H,14-15H2,1-2H3/t19-/m1/s1. The van der Waals surface area contributed by atoms with E-state index in [0.717, 1.165) is 13.0 Å². The largest absolute Gasteiger partial charge is 0.309 e. The first-order valence-electron chi connectivity index (χ1n) is 7.21. The van der Waals surface area contributed by atoms with Gasteiger partial charge >= 0.3 is 0 Å². The molecule has 0 unspecified atom stereocenters. The zero-order valence-corrected chi connectivity index (χ0v) is 12.2. The van der Waals surface area contributed by atoms with Gasteiger partial charge in [0.2, 0.25) is 0 Å². The maximum atomic E-state index is 2.39. The van der Waals surface area contributed by atoms with Crippen LogP contribution in [0.4, 0.5) is 0 Å². The minimum atomic E-state index is 0.0299. The molecule has 102 valence electrons. The molecule has 3 rings (SSSR count). The molecule has 0 radical (unpaired) electrons. The van der Waals surface area contributed by atoms with E-state index in [0.29, 0.717) is 0 Å². The molecule has 0 bridgehead atoms. The molecule has 1 atom stereocenters. The fourth-order valence-corrected chi connectivity index (χ4v) is 3.12. The second-order valence-electron chi connectivity index (χ2n) is 5.81. The van der Waals surface area contributed by atoms with E-state index in [1.807, 2.05) is 0 Å². The topological polar surface area (TPSA) is 3.24 Å². The number of allylic oxidation sites excluding steroid dienone is 1. The molecule has 0 fully saturated rings. The molecule has 0 spiro atoms. The minimum Gasteiger partial charge on any atom is -0.309 e. The van der Waals surface area contributed by atoms with Gasteiger partial charge < -0.3 is 4.90 Å². The van der Waals surface area contributed by atoms with E-state index in [2.05, 4.69) is 85.7 Å². The summed E-state index contributed by atoms with van der Waals surface area (Å²) in [6, 6.07) is 19.6. The molecule has 1 aliphatic rings. The molecule has 0 saturated heterocycles. The van der Waals surface area contributed by atoms with Crippen LogP contribution in [0.25, 0.3) is 6.08 Å². The Morgan fingerprint density at radius 2 is 1.60 bits per heavy atom. The zero-order chi connectivity index (χ0) is 14.0. The van der Waals surface area contributed by atoms with Gasteiger partial charge in [0, 0.05) is 5.41 Å². The summed E-state index contributed by atoms with van der Waals surface area (Å²) >= 11 is 0. The minimum absolute atomic E-state index is 0.0299. The normalized spacial score (nSPS) is 20.4. The number of hydrogen-bond donors (Lipinski definition) is 0. The smallest absolute Gasteiger partial charge is 0.0403 e. The summed E-state index contributed by atoms with van der Waals surface area (Å²) in [7, 11) is 4.28. The van der Waals surface area contributed by atoms with E-state index in [-0.39, 0.29) is 5.41 Å². The summed E-state index contributed by atoms with van der Waals surface area (Å²) in [4.78, 5) is 2.26. The second-order valence-corrected chi connectivity index (χ2v) is 5.81. The Morgan fingerprint density at radius 1 is 0.900 bits per heavy atom. The Balaban J connectivity index is 2.09. The molecular weight excluding hydrogens is 242 g/mol. The maximum Gasteiger partial charge on any atom is 0.0403 e. The van der Waals surface area contributed by atoms with Gasteiger partial charge in [-0.15, -0.1) is 0 Å². The third kappa shape index (κ3) is 2.19. The average molecular weight is 263 g/mol. The van der Waals surface area contributed by atoms with Gasteiger partial charge in [-0.25, -0.2) is 0 Å². The Bertz CT molecular complexity index is 613. The highest BCUT2D eigenvalue weighted by molar-refractivity contribution is 5.68. The van der Waals surface area contributed by atoms with Crippen LogP contribution in [0.1, 0.15) is 23.1 Å². The number of rotatable bonds is 4. The van der Waals surface area contributed by atoms with Gasteiger partial charge in [-0.3, -0.25) is 0 Å². The molecule has 0 aromatic heterocycles. The van der Waals surface area contributed by atoms with Crippen LogP contribution in [-0.4, -0.2) is 25.5 Å². The molecule has 1 aliphatic carbocycles. The lowest BCUT2D eigenvalue weighted by atomic mass is 9.73. The molecule has 0 heterocycles. The first-order chi connectivity index (χ1) is 9.72. The van der Waals surface area contributed by atoms with Crippen molar-refractivity contribution in [2.75, 3.05) is 20.6 Å². The number of nitrogens with zero attached hydrogens (tertiary/aromatic N) is 1. The van der Waals surface area contributed by atoms with Gasteiger partial charge in [-0.2, -0.15) is 0 Å². The Hall–Kier alpha value is -1.86. The molecule has 0 aliphatic heterocycles. The van der Waals surface area contributed by atoms with Crippen molar-refractivity contribution in [2.45, 2.75) is 11.8 Å². The highest BCUT2D eigenvalue weighted by Gasteiger charge is 2.35. The van der Waals surface area contributed by atoms with E-state index in [1.165, 1.54) is 16.7 Å². The summed E-state index contributed by atoms with van der Waals surface area (Å²) in [6.45, 7) is 1.08. The summed E-state index contributed by atoms with van der Waals surface area (Å²) in [5.74, 6) is 0. The highest BCUT2D eigenvalue weighted by Crippen LogP contribution is 2.43. The number of benzene rings is 2. The SMILES string of the molecule is CN(C)CC[C@@]1(c2ccccc2)C=Cc2ccccc21. The average Bonchev–Trinajstić information content (AvgIpc) is 2.86. The summed E-state index contributed by atoms with van der Waals surface area (Å²) in [5.41, 5.74) is 4.22. The maximum absolute atomic E-state index is 2.39. The van der Waals surface area contributed by atoms with E-state index in [1.54, 1.807) is 0 Å². The van der Waals surface area contributed by atoms with Crippen LogP contribution in [0, 0.1) is 0 Å². The second kappa shape index (κ2) is 5.26. The van der Waals surface area contributed by atoms with Gasteiger partial charge in [0.25, 0.3) is 0 Å². The fraction of sp³-hybridized carbons (Fsp3) is 0.263. The molecular formula is C19H21N. The quantitative estimate of drug-likeness (QED) is 0.807. The van der Waals surface area contributed by atoms with Crippen molar-refractivity contribution in [1.82, 2.24) is 4.90 Å². The van der Waals surface area contributed by atoms with Crippen LogP contribution in [0.5, 0.6) is 0 Å². The molecule has 0 saturated carbocycles. The lowest BCUT2D eigenvalue weighted by Gasteiger charge is -2.31. The van der Waals surface area contributed by atoms with Crippen molar-refractivity contribution >= 4 is 6.08 Å². The van der Waals surface area contributed by atoms with Crippen molar-refractivity contribution in [3.63, 3.8) is 0 Å². The zero-order valence-electron chi connectivity index (χ0n) is 12.2. The number of fused-ring (bicyclic) bond motifs is 1. The molecule has 1 heteroatoms. The van der Waals surface area contributed by atoms with Crippen LogP contribution < -0.4 is 0 Å². The highest BCUT2D eigenvalue weighted by atomic mass is 15.0. The third-order valence-electron chi connectivity index (χ3n) is 4.23. The van der Waals surface area contributed by atoms with Crippen LogP contribution in [0.15, 0.2) is 60.7 Å². The molecule has 2 aromatic rings. The van der Waals surface area contributed by atoms with Crippen molar-refractivity contribution in [1.29, 1.82) is 0 Å². The summed E-state index contributed by atoms with van der Waals surface area (Å²) < 4.78 is 0. The van der Waals surface area contributed by atoms with Gasteiger partial charge in [-0.1, -0.05) is 66.7 Å². The summed E-state index contributed by atoms with van der Waals surface area (Å²) in [5, 5.41) is 0. The summed E-state index contributed by atoms with van der Waals surface area (Å²) in [6.07, 6.45) is 5.77.